The maximum atomic E-state index is 5.83. The summed E-state index contributed by atoms with van der Waals surface area (Å²) in [5, 5.41) is 5.21. The topological polar surface area (TPSA) is 53.1 Å². The molecule has 0 saturated carbocycles. The average molecular weight is 293 g/mol. The number of hydrogen-bond acceptors (Lipinski definition) is 3. The van der Waals surface area contributed by atoms with Crippen LogP contribution in [0, 0.1) is 0 Å². The quantitative estimate of drug-likeness (QED) is 0.678. The SMILES string of the molecule is Cn1nccc1-c1cc(N)ccc1OCC[AsH2]. The van der Waals surface area contributed by atoms with Crippen LogP contribution in [0.3, 0.4) is 0 Å². The van der Waals surface area contributed by atoms with E-state index in [-0.39, 0.29) is 0 Å². The van der Waals surface area contributed by atoms with Crippen molar-refractivity contribution < 1.29 is 4.74 Å². The molecule has 0 amide bonds. The van der Waals surface area contributed by atoms with Crippen LogP contribution in [0.1, 0.15) is 0 Å². The first-order chi connectivity index (χ1) is 8.22. The van der Waals surface area contributed by atoms with Crippen molar-refractivity contribution in [3.63, 3.8) is 0 Å². The summed E-state index contributed by atoms with van der Waals surface area (Å²) < 4.78 is 7.56. The van der Waals surface area contributed by atoms with Crippen molar-refractivity contribution in [3.05, 3.63) is 30.5 Å². The molecule has 0 radical (unpaired) electrons. The molecule has 1 atom stereocenters. The van der Waals surface area contributed by atoms with Gasteiger partial charge in [0.05, 0.1) is 0 Å². The first-order valence-electron chi connectivity index (χ1n) is 5.43. The van der Waals surface area contributed by atoms with Crippen LogP contribution in [0.2, 0.25) is 5.21 Å². The van der Waals surface area contributed by atoms with E-state index in [0.717, 1.165) is 34.5 Å². The van der Waals surface area contributed by atoms with Gasteiger partial charge >= 0.3 is 109 Å². The van der Waals surface area contributed by atoms with Crippen LogP contribution in [-0.2, 0) is 7.05 Å². The molecule has 1 aromatic heterocycles. The molecule has 2 rings (SSSR count). The number of rotatable bonds is 4. The Morgan fingerprint density at radius 2 is 2.24 bits per heavy atom. The fourth-order valence-corrected chi connectivity index (χ4v) is 1.93. The van der Waals surface area contributed by atoms with Gasteiger partial charge in [-0.1, -0.05) is 0 Å². The normalized spacial score (nSPS) is 10.5. The van der Waals surface area contributed by atoms with E-state index in [2.05, 4.69) is 5.10 Å². The van der Waals surface area contributed by atoms with Gasteiger partial charge in [-0.2, -0.15) is 0 Å². The van der Waals surface area contributed by atoms with Crippen LogP contribution in [-0.4, -0.2) is 33.2 Å². The number of nitrogens with zero attached hydrogens (tertiary/aromatic N) is 2. The van der Waals surface area contributed by atoms with Crippen molar-refractivity contribution in [3.8, 4) is 17.0 Å². The molecule has 0 aliphatic rings. The summed E-state index contributed by atoms with van der Waals surface area (Å²) in [6.07, 6.45) is 1.77. The monoisotopic (exact) mass is 293 g/mol. The van der Waals surface area contributed by atoms with Crippen molar-refractivity contribution in [2.75, 3.05) is 12.3 Å². The van der Waals surface area contributed by atoms with Gasteiger partial charge in [-0.3, -0.25) is 0 Å². The minimum atomic E-state index is 0.731. The van der Waals surface area contributed by atoms with Crippen LogP contribution in [0.5, 0.6) is 5.75 Å². The van der Waals surface area contributed by atoms with Crippen molar-refractivity contribution in [1.82, 2.24) is 9.78 Å². The van der Waals surface area contributed by atoms with Crippen molar-refractivity contribution in [2.45, 2.75) is 5.21 Å². The molecule has 1 aromatic carbocycles. The predicted molar refractivity (Wildman–Crippen MR) is 71.9 cm³/mol. The number of hydrogen-bond donors (Lipinski definition) is 1. The third-order valence-corrected chi connectivity index (χ3v) is 2.97. The molecule has 2 aromatic rings. The van der Waals surface area contributed by atoms with Gasteiger partial charge in [-0.25, -0.2) is 0 Å². The summed E-state index contributed by atoms with van der Waals surface area (Å²) in [5.74, 6) is 0.862. The Bertz CT molecular complexity index is 510. The molecule has 1 unspecified atom stereocenters. The molecule has 0 aliphatic carbocycles. The molecule has 0 saturated heterocycles. The van der Waals surface area contributed by atoms with Gasteiger partial charge in [0.1, 0.15) is 0 Å². The van der Waals surface area contributed by atoms with E-state index in [9.17, 15) is 0 Å². The second-order valence-corrected chi connectivity index (χ2v) is 4.94. The zero-order valence-electron chi connectivity index (χ0n) is 9.76. The summed E-state index contributed by atoms with van der Waals surface area (Å²) in [6, 6.07) is 7.65. The zero-order valence-corrected chi connectivity index (χ0v) is 12.2. The van der Waals surface area contributed by atoms with Gasteiger partial charge in [0.15, 0.2) is 0 Å². The van der Waals surface area contributed by atoms with Crippen LogP contribution >= 0.6 is 0 Å². The van der Waals surface area contributed by atoms with Crippen LogP contribution in [0.15, 0.2) is 30.5 Å². The summed E-state index contributed by atoms with van der Waals surface area (Å²) in [7, 11) is 1.91. The van der Waals surface area contributed by atoms with Gasteiger partial charge in [0, 0.05) is 0 Å². The maximum absolute atomic E-state index is 5.83. The van der Waals surface area contributed by atoms with Crippen molar-refractivity contribution in [2.24, 2.45) is 7.05 Å². The Morgan fingerprint density at radius 1 is 1.41 bits per heavy atom. The fourth-order valence-electron chi connectivity index (χ4n) is 1.68. The van der Waals surface area contributed by atoms with Crippen LogP contribution in [0.25, 0.3) is 11.3 Å². The zero-order chi connectivity index (χ0) is 12.3. The van der Waals surface area contributed by atoms with E-state index >= 15 is 0 Å². The van der Waals surface area contributed by atoms with Gasteiger partial charge in [0.2, 0.25) is 0 Å². The molecular formula is C12H16AsN3O. The number of anilines is 1. The molecule has 0 aliphatic heterocycles. The van der Waals surface area contributed by atoms with E-state index in [1.807, 2.05) is 36.0 Å². The Morgan fingerprint density at radius 3 is 2.88 bits per heavy atom. The van der Waals surface area contributed by atoms with E-state index in [1.165, 1.54) is 0 Å². The summed E-state index contributed by atoms with van der Waals surface area (Å²) >= 11 is 1.67. The first-order valence-corrected chi connectivity index (χ1v) is 7.14. The second-order valence-electron chi connectivity index (χ2n) is 3.73. The number of benzene rings is 1. The standard InChI is InChI=1S/C12H16AsN3O/c1-16-11(4-6-15-16)10-8-9(14)2-3-12(10)17-7-5-13/h2-4,6,8H,5,7,13-14H2,1H3. The second kappa shape index (κ2) is 5.28. The Labute approximate surface area is 109 Å². The van der Waals surface area contributed by atoms with E-state index in [4.69, 9.17) is 10.5 Å². The molecule has 0 spiro atoms. The summed E-state index contributed by atoms with van der Waals surface area (Å²) in [6.45, 7) is 0.731. The van der Waals surface area contributed by atoms with Gasteiger partial charge in [-0.05, 0) is 0 Å². The van der Waals surface area contributed by atoms with Crippen molar-refractivity contribution >= 4 is 22.5 Å². The molecule has 0 bridgehead atoms. The Kier molecular flexibility index (Phi) is 3.74. The molecule has 2 N–H and O–H groups in total. The third-order valence-electron chi connectivity index (χ3n) is 2.48. The van der Waals surface area contributed by atoms with Gasteiger partial charge < -0.3 is 0 Å². The van der Waals surface area contributed by atoms with Crippen LogP contribution < -0.4 is 10.5 Å². The molecule has 17 heavy (non-hydrogen) atoms. The number of aryl methyl sites for hydroxylation is 1. The van der Waals surface area contributed by atoms with E-state index in [1.54, 1.807) is 23.0 Å². The van der Waals surface area contributed by atoms with E-state index < -0.39 is 0 Å². The number of ether oxygens (including phenoxy) is 1. The van der Waals surface area contributed by atoms with Gasteiger partial charge in [0.25, 0.3) is 0 Å². The number of aromatic nitrogens is 2. The average Bonchev–Trinajstić information content (AvgIpc) is 2.74. The molecule has 1 heterocycles. The molecular weight excluding hydrogens is 277 g/mol. The molecule has 90 valence electrons. The molecule has 5 heteroatoms. The minimum absolute atomic E-state index is 0.731. The van der Waals surface area contributed by atoms with E-state index in [0.29, 0.717) is 0 Å². The Balaban J connectivity index is 2.43. The third kappa shape index (κ3) is 2.64. The molecule has 0 fully saturated rings. The van der Waals surface area contributed by atoms with Crippen LogP contribution in [0.4, 0.5) is 5.69 Å². The van der Waals surface area contributed by atoms with Crippen molar-refractivity contribution in [1.29, 1.82) is 0 Å². The summed E-state index contributed by atoms with van der Waals surface area (Å²) in [4.78, 5) is 0. The Hall–Kier alpha value is -1.41. The predicted octanol–water partition coefficient (Wildman–Crippen LogP) is 1.10. The number of nitrogens with two attached hydrogens (primary N) is 1. The summed E-state index contributed by atoms with van der Waals surface area (Å²) in [5.41, 5.74) is 8.56. The number of nitrogen functional groups attached to an aromatic ring is 1. The first kappa shape index (κ1) is 12.1. The fraction of sp³-hybridized carbons (Fsp3) is 0.250. The van der Waals surface area contributed by atoms with Gasteiger partial charge in [-0.15, -0.1) is 0 Å². The molecule has 4 nitrogen and oxygen atoms in total.